The largest absolute Gasteiger partial charge is 0.493 e. The lowest BCUT2D eigenvalue weighted by molar-refractivity contribution is -0.115. The molecule has 2 aromatic heterocycles. The van der Waals surface area contributed by atoms with Gasteiger partial charge in [0.25, 0.3) is 0 Å². The molecule has 1 aromatic carbocycles. The van der Waals surface area contributed by atoms with Gasteiger partial charge in [-0.25, -0.2) is 0 Å². The third-order valence-corrected chi connectivity index (χ3v) is 5.48. The summed E-state index contributed by atoms with van der Waals surface area (Å²) >= 11 is 4.75. The van der Waals surface area contributed by atoms with Gasteiger partial charge in [0.1, 0.15) is 5.01 Å². The van der Waals surface area contributed by atoms with Gasteiger partial charge in [0.15, 0.2) is 34.5 Å². The molecule has 0 unspecified atom stereocenters. The van der Waals surface area contributed by atoms with E-state index in [1.54, 1.807) is 18.4 Å². The minimum atomic E-state index is -0.0876. The summed E-state index contributed by atoms with van der Waals surface area (Å²) in [5, 5.41) is 14.3. The van der Waals surface area contributed by atoms with E-state index < -0.39 is 0 Å². The topological polar surface area (TPSA) is 73.3 Å². The molecule has 25 heavy (non-hydrogen) atoms. The Hall–Kier alpha value is -1.72. The highest BCUT2D eigenvalue weighted by Gasteiger charge is 2.11. The Bertz CT molecular complexity index is 852. The fraction of sp³-hybridized carbons (Fsp3) is 0.188. The number of rotatable bonds is 7. The first kappa shape index (κ1) is 18.1. The minimum Gasteiger partial charge on any atom is -0.493 e. The second kappa shape index (κ2) is 8.59. The highest BCUT2D eigenvalue weighted by atomic mass is 127. The lowest BCUT2D eigenvalue weighted by Crippen LogP contribution is -2.13. The van der Waals surface area contributed by atoms with Crippen molar-refractivity contribution in [1.29, 1.82) is 0 Å². The maximum Gasteiger partial charge on any atom is 0.231 e. The van der Waals surface area contributed by atoms with Crippen LogP contribution in [-0.4, -0.2) is 23.2 Å². The van der Waals surface area contributed by atoms with E-state index in [0.717, 1.165) is 15.4 Å². The maximum absolute atomic E-state index is 12.0. The van der Waals surface area contributed by atoms with Crippen LogP contribution >= 0.6 is 45.7 Å². The fourth-order valence-electron chi connectivity index (χ4n) is 2.17. The highest BCUT2D eigenvalue weighted by molar-refractivity contribution is 14.1. The van der Waals surface area contributed by atoms with Crippen molar-refractivity contribution in [3.05, 3.63) is 51.2 Å². The summed E-state index contributed by atoms with van der Waals surface area (Å²) in [4.78, 5) is 13.0. The zero-order chi connectivity index (χ0) is 17.6. The van der Waals surface area contributed by atoms with Crippen LogP contribution in [0.2, 0.25) is 0 Å². The van der Waals surface area contributed by atoms with Gasteiger partial charge < -0.3 is 13.1 Å². The van der Waals surface area contributed by atoms with Crippen LogP contribution in [0.4, 0.5) is 5.13 Å². The van der Waals surface area contributed by atoms with Gasteiger partial charge in [-0.3, -0.25) is 4.79 Å². The molecule has 2 heterocycles. The average molecular weight is 487 g/mol. The van der Waals surface area contributed by atoms with Gasteiger partial charge in [0, 0.05) is 11.3 Å². The summed E-state index contributed by atoms with van der Waals surface area (Å²) in [6.07, 6.45) is 0.956. The zero-order valence-corrected chi connectivity index (χ0v) is 17.0. The Labute approximate surface area is 166 Å². The number of carbonyl (C=O) groups excluding carboxylic acids is 1. The number of nitrogens with one attached hydrogen (secondary N) is 1. The molecular weight excluding hydrogens is 473 g/mol. The molecule has 3 rings (SSSR count). The van der Waals surface area contributed by atoms with Crippen molar-refractivity contribution < 1.29 is 12.6 Å². The Morgan fingerprint density at radius 1 is 1.28 bits per heavy atom. The Kier molecular flexibility index (Phi) is 6.21. The average Bonchev–Trinajstić information content (AvgIpc) is 3.27. The molecular formula is C16H14IN3O3S2. The van der Waals surface area contributed by atoms with E-state index in [1.807, 2.05) is 58.7 Å². The summed E-state index contributed by atoms with van der Waals surface area (Å²) in [6.45, 7) is 0. The first-order chi connectivity index (χ1) is 12.2. The number of anilines is 1. The van der Waals surface area contributed by atoms with Crippen LogP contribution < -0.4 is 13.1 Å². The van der Waals surface area contributed by atoms with Crippen LogP contribution in [0, 0.1) is 0 Å². The molecule has 130 valence electrons. The van der Waals surface area contributed by atoms with Crippen molar-refractivity contribution in [1.82, 2.24) is 10.2 Å². The van der Waals surface area contributed by atoms with Crippen LogP contribution in [0.25, 0.3) is 0 Å². The molecule has 0 aliphatic rings. The van der Waals surface area contributed by atoms with Gasteiger partial charge in [-0.05, 0) is 29.1 Å². The molecule has 0 fully saturated rings. The lowest BCUT2D eigenvalue weighted by atomic mass is 10.1. The number of nitrogens with zero attached hydrogens (tertiary/aromatic N) is 2. The second-order valence-corrected chi connectivity index (χ2v) is 7.58. The van der Waals surface area contributed by atoms with Crippen LogP contribution in [-0.2, 0) is 17.6 Å². The van der Waals surface area contributed by atoms with Crippen molar-refractivity contribution in [2.24, 2.45) is 0 Å². The molecule has 0 aliphatic carbocycles. The van der Waals surface area contributed by atoms with E-state index in [9.17, 15) is 4.79 Å². The van der Waals surface area contributed by atoms with E-state index >= 15 is 0 Å². The van der Waals surface area contributed by atoms with E-state index in [4.69, 9.17) is 7.80 Å². The summed E-state index contributed by atoms with van der Waals surface area (Å²) in [6, 6.07) is 9.58. The first-order valence-corrected chi connectivity index (χ1v) is 9.85. The number of halogens is 1. The third-order valence-electron chi connectivity index (χ3n) is 3.29. The predicted molar refractivity (Wildman–Crippen MR) is 107 cm³/mol. The molecule has 0 saturated heterocycles. The number of amides is 1. The first-order valence-electron chi connectivity index (χ1n) is 7.28. The number of carbonyl (C=O) groups is 1. The number of aromatic nitrogens is 2. The Morgan fingerprint density at radius 3 is 2.88 bits per heavy atom. The number of hydrogen-bond acceptors (Lipinski definition) is 7. The van der Waals surface area contributed by atoms with Crippen molar-refractivity contribution >= 4 is 56.7 Å². The molecule has 0 atom stereocenters. The fourth-order valence-corrected chi connectivity index (χ4v) is 4.03. The number of methoxy groups -OCH3 is 1. The summed E-state index contributed by atoms with van der Waals surface area (Å²) < 4.78 is 10.5. The summed E-state index contributed by atoms with van der Waals surface area (Å²) in [5.41, 5.74) is 1.03. The van der Waals surface area contributed by atoms with Crippen LogP contribution in [0.15, 0.2) is 35.7 Å². The van der Waals surface area contributed by atoms with E-state index in [-0.39, 0.29) is 5.91 Å². The molecule has 0 spiro atoms. The molecule has 0 radical (unpaired) electrons. The lowest BCUT2D eigenvalue weighted by Gasteiger charge is -2.07. The minimum absolute atomic E-state index is 0.0876. The summed E-state index contributed by atoms with van der Waals surface area (Å²) in [5.74, 6) is 1.25. The third kappa shape index (κ3) is 4.89. The standard InChI is InChI=1S/C16H14IN3O3S2/c1-22-13-7-10(4-5-12(13)23-17)8-15-19-20-16(25-15)18-14(21)9-11-3-2-6-24-11/h2-7H,8-9H2,1H3,(H,18,20,21). The van der Waals surface area contributed by atoms with E-state index in [2.05, 4.69) is 15.5 Å². The molecule has 0 bridgehead atoms. The molecule has 9 heteroatoms. The van der Waals surface area contributed by atoms with Crippen LogP contribution in [0.3, 0.4) is 0 Å². The quantitative estimate of drug-likeness (QED) is 0.508. The molecule has 3 aromatic rings. The SMILES string of the molecule is COc1cc(Cc2nnc(NC(=O)Cc3cccs3)s2)ccc1OI. The van der Waals surface area contributed by atoms with Gasteiger partial charge in [0.05, 0.1) is 13.5 Å². The Balaban J connectivity index is 1.62. The summed E-state index contributed by atoms with van der Waals surface area (Å²) in [7, 11) is 1.60. The molecule has 1 amide bonds. The molecule has 1 N–H and O–H groups in total. The van der Waals surface area contributed by atoms with E-state index in [1.165, 1.54) is 11.3 Å². The molecule has 0 saturated carbocycles. The number of hydrogen-bond donors (Lipinski definition) is 1. The number of thiophene rings is 1. The van der Waals surface area contributed by atoms with Crippen molar-refractivity contribution in [2.75, 3.05) is 12.4 Å². The smallest absolute Gasteiger partial charge is 0.231 e. The van der Waals surface area contributed by atoms with Gasteiger partial charge in [-0.2, -0.15) is 0 Å². The van der Waals surface area contributed by atoms with Gasteiger partial charge in [-0.15, -0.1) is 21.5 Å². The molecule has 0 aliphatic heterocycles. The monoisotopic (exact) mass is 487 g/mol. The predicted octanol–water partition coefficient (Wildman–Crippen LogP) is 4.11. The van der Waals surface area contributed by atoms with Crippen LogP contribution in [0.1, 0.15) is 15.4 Å². The van der Waals surface area contributed by atoms with Crippen LogP contribution in [0.5, 0.6) is 11.5 Å². The Morgan fingerprint density at radius 2 is 2.16 bits per heavy atom. The van der Waals surface area contributed by atoms with Gasteiger partial charge in [-0.1, -0.05) is 23.5 Å². The van der Waals surface area contributed by atoms with Crippen molar-refractivity contribution in [2.45, 2.75) is 12.8 Å². The zero-order valence-electron chi connectivity index (χ0n) is 13.2. The second-order valence-electron chi connectivity index (χ2n) is 5.04. The van der Waals surface area contributed by atoms with Crippen molar-refractivity contribution in [3.8, 4) is 11.5 Å². The molecule has 6 nitrogen and oxygen atoms in total. The van der Waals surface area contributed by atoms with E-state index in [0.29, 0.717) is 29.5 Å². The van der Waals surface area contributed by atoms with Gasteiger partial charge in [0.2, 0.25) is 11.0 Å². The number of ether oxygens (including phenoxy) is 1. The normalized spacial score (nSPS) is 10.5. The highest BCUT2D eigenvalue weighted by Crippen LogP contribution is 2.30. The van der Waals surface area contributed by atoms with Crippen molar-refractivity contribution in [3.63, 3.8) is 0 Å². The number of benzene rings is 1. The maximum atomic E-state index is 12.0. The van der Waals surface area contributed by atoms with Gasteiger partial charge >= 0.3 is 0 Å².